The molecule has 0 spiro atoms. The zero-order valence-electron chi connectivity index (χ0n) is 18.2. The molecular formula is C22H31N7O2. The summed E-state index contributed by atoms with van der Waals surface area (Å²) in [7, 11) is 0. The van der Waals surface area contributed by atoms with Gasteiger partial charge in [-0.25, -0.2) is 4.99 Å². The van der Waals surface area contributed by atoms with Crippen molar-refractivity contribution in [2.45, 2.75) is 19.9 Å². The number of amidine groups is 1. The minimum absolute atomic E-state index is 0.00426. The summed E-state index contributed by atoms with van der Waals surface area (Å²) in [5.41, 5.74) is 15.0. The highest BCUT2D eigenvalue weighted by molar-refractivity contribution is 6.16. The molecule has 166 valence electrons. The maximum absolute atomic E-state index is 11.7. The quantitative estimate of drug-likeness (QED) is 0.684. The standard InChI is InChI=1S/C22H31N7O2/c1-16-12-18(4-3-11-31-22(24)27-16)20-6-5-19(15-26-20)25-14-17(2)28-7-9-29(10-8-28)21(30)13-23/h3-6,12,14,16H,7-11,13,15,23H2,1-2H3,(H2,24,27)/b4-3-,17-14+,18-12+,25-19-. The van der Waals surface area contributed by atoms with E-state index in [0.717, 1.165) is 35.8 Å². The number of nitrogens with zero attached hydrogens (tertiary/aromatic N) is 5. The molecule has 0 aromatic rings. The van der Waals surface area contributed by atoms with Crippen LogP contribution in [0.1, 0.15) is 13.8 Å². The van der Waals surface area contributed by atoms with E-state index < -0.39 is 0 Å². The highest BCUT2D eigenvalue weighted by atomic mass is 16.5. The van der Waals surface area contributed by atoms with Gasteiger partial charge in [0.25, 0.3) is 6.02 Å². The van der Waals surface area contributed by atoms with E-state index in [-0.39, 0.29) is 24.5 Å². The molecule has 1 amide bonds. The lowest BCUT2D eigenvalue weighted by atomic mass is 10.0. The number of nitrogens with two attached hydrogens (primary N) is 2. The number of amides is 1. The SMILES string of the molecule is C/C(=C\N=C1\C=CC(C2=C/C(C)/N=C(/N)OC/C=C\2)=NC1)N1CCN(C(=O)CN)CC1. The average Bonchev–Trinajstić information content (AvgIpc) is 2.87. The van der Waals surface area contributed by atoms with E-state index in [0.29, 0.717) is 26.2 Å². The van der Waals surface area contributed by atoms with Crippen LogP contribution in [-0.4, -0.2) is 85.1 Å². The summed E-state index contributed by atoms with van der Waals surface area (Å²) in [4.78, 5) is 29.3. The third-order valence-electron chi connectivity index (χ3n) is 5.24. The van der Waals surface area contributed by atoms with E-state index in [4.69, 9.17) is 16.2 Å². The molecule has 3 heterocycles. The molecule has 0 aromatic carbocycles. The molecule has 3 rings (SSSR count). The number of dihydropyridines is 1. The van der Waals surface area contributed by atoms with Gasteiger partial charge in [-0.2, -0.15) is 0 Å². The molecule has 31 heavy (non-hydrogen) atoms. The molecule has 0 bridgehead atoms. The summed E-state index contributed by atoms with van der Waals surface area (Å²) in [6, 6.07) is 0.0925. The predicted octanol–water partition coefficient (Wildman–Crippen LogP) is 0.618. The lowest BCUT2D eigenvalue weighted by Crippen LogP contribution is -2.49. The van der Waals surface area contributed by atoms with Crippen LogP contribution in [0.2, 0.25) is 0 Å². The molecule has 0 aromatic heterocycles. The summed E-state index contributed by atoms with van der Waals surface area (Å²) in [5.74, 6) is 0.00426. The van der Waals surface area contributed by atoms with Gasteiger partial charge in [-0.15, -0.1) is 0 Å². The number of allylic oxidation sites excluding steroid dienone is 4. The van der Waals surface area contributed by atoms with Crippen LogP contribution < -0.4 is 11.5 Å². The van der Waals surface area contributed by atoms with Gasteiger partial charge < -0.3 is 26.0 Å². The van der Waals surface area contributed by atoms with Crippen molar-refractivity contribution < 1.29 is 9.53 Å². The van der Waals surface area contributed by atoms with Gasteiger partial charge in [-0.05, 0) is 37.6 Å². The smallest absolute Gasteiger partial charge is 0.282 e. The van der Waals surface area contributed by atoms with E-state index in [1.165, 1.54) is 0 Å². The van der Waals surface area contributed by atoms with Gasteiger partial charge in [0.05, 0.1) is 30.6 Å². The van der Waals surface area contributed by atoms with Crippen molar-refractivity contribution in [3.63, 3.8) is 0 Å². The molecule has 0 radical (unpaired) electrons. The number of rotatable bonds is 4. The number of piperazine rings is 1. The van der Waals surface area contributed by atoms with Gasteiger partial charge in [-0.3, -0.25) is 14.8 Å². The van der Waals surface area contributed by atoms with E-state index >= 15 is 0 Å². The normalized spacial score (nSPS) is 28.4. The Morgan fingerprint density at radius 3 is 2.68 bits per heavy atom. The minimum atomic E-state index is -0.102. The first-order valence-electron chi connectivity index (χ1n) is 10.5. The summed E-state index contributed by atoms with van der Waals surface area (Å²) in [5, 5.41) is 0. The first-order valence-corrected chi connectivity index (χ1v) is 10.5. The van der Waals surface area contributed by atoms with Gasteiger partial charge in [0.2, 0.25) is 5.91 Å². The Bertz CT molecular complexity index is 888. The molecule has 9 nitrogen and oxygen atoms in total. The zero-order valence-corrected chi connectivity index (χ0v) is 18.2. The number of hydrogen-bond donors (Lipinski definition) is 2. The summed E-state index contributed by atoms with van der Waals surface area (Å²) in [6.45, 7) is 7.89. The molecule has 1 atom stereocenters. The van der Waals surface area contributed by atoms with Crippen molar-refractivity contribution in [2.24, 2.45) is 26.4 Å². The fourth-order valence-corrected chi connectivity index (χ4v) is 3.48. The lowest BCUT2D eigenvalue weighted by molar-refractivity contribution is -0.131. The van der Waals surface area contributed by atoms with Crippen molar-refractivity contribution in [2.75, 3.05) is 45.9 Å². The van der Waals surface area contributed by atoms with Crippen LogP contribution in [0.5, 0.6) is 0 Å². The van der Waals surface area contributed by atoms with Crippen LogP contribution in [0.4, 0.5) is 0 Å². The molecule has 4 N–H and O–H groups in total. The van der Waals surface area contributed by atoms with Crippen molar-refractivity contribution in [1.29, 1.82) is 0 Å². The number of hydrogen-bond acceptors (Lipinski definition) is 8. The first kappa shape index (κ1) is 22.5. The number of carbonyl (C=O) groups is 1. The largest absolute Gasteiger partial charge is 0.461 e. The predicted molar refractivity (Wildman–Crippen MR) is 124 cm³/mol. The van der Waals surface area contributed by atoms with Gasteiger partial charge in [0.1, 0.15) is 6.61 Å². The summed E-state index contributed by atoms with van der Waals surface area (Å²) >= 11 is 0. The van der Waals surface area contributed by atoms with Crippen molar-refractivity contribution in [3.05, 3.63) is 47.9 Å². The van der Waals surface area contributed by atoms with Crippen LogP contribution in [-0.2, 0) is 9.53 Å². The highest BCUT2D eigenvalue weighted by Gasteiger charge is 2.20. The van der Waals surface area contributed by atoms with Gasteiger partial charge in [0, 0.05) is 38.1 Å². The topological polar surface area (TPSA) is 122 Å². The van der Waals surface area contributed by atoms with E-state index in [1.807, 2.05) is 55.3 Å². The Balaban J connectivity index is 1.60. The van der Waals surface area contributed by atoms with Gasteiger partial charge in [0.15, 0.2) is 0 Å². The molecule has 1 fully saturated rings. The first-order chi connectivity index (χ1) is 15.0. The molecule has 1 unspecified atom stereocenters. The average molecular weight is 426 g/mol. The van der Waals surface area contributed by atoms with Crippen LogP contribution in [0.15, 0.2) is 62.8 Å². The monoisotopic (exact) mass is 425 g/mol. The van der Waals surface area contributed by atoms with Crippen molar-refractivity contribution in [1.82, 2.24) is 9.80 Å². The van der Waals surface area contributed by atoms with E-state index in [2.05, 4.69) is 19.9 Å². The molecule has 0 saturated carbocycles. The molecule has 3 aliphatic heterocycles. The Morgan fingerprint density at radius 2 is 2.00 bits per heavy atom. The fraction of sp³-hybridized carbons (Fsp3) is 0.455. The van der Waals surface area contributed by atoms with Crippen LogP contribution >= 0.6 is 0 Å². The third-order valence-corrected chi connectivity index (χ3v) is 5.24. The van der Waals surface area contributed by atoms with Crippen LogP contribution in [0.3, 0.4) is 0 Å². The Hall–Kier alpha value is -3.20. The van der Waals surface area contributed by atoms with E-state index in [9.17, 15) is 4.79 Å². The molecule has 0 aliphatic carbocycles. The van der Waals surface area contributed by atoms with E-state index in [1.54, 1.807) is 0 Å². The van der Waals surface area contributed by atoms with Crippen LogP contribution in [0, 0.1) is 0 Å². The molecule has 1 saturated heterocycles. The lowest BCUT2D eigenvalue weighted by Gasteiger charge is -2.36. The molecule has 3 aliphatic rings. The second-order valence-electron chi connectivity index (χ2n) is 7.54. The number of aliphatic imine (C=N–C) groups is 3. The number of ether oxygens (including phenoxy) is 1. The van der Waals surface area contributed by atoms with Gasteiger partial charge >= 0.3 is 0 Å². The second-order valence-corrected chi connectivity index (χ2v) is 7.54. The zero-order chi connectivity index (χ0) is 22.2. The van der Waals surface area contributed by atoms with Crippen molar-refractivity contribution >= 4 is 23.4 Å². The maximum atomic E-state index is 11.7. The second kappa shape index (κ2) is 10.7. The van der Waals surface area contributed by atoms with Gasteiger partial charge in [-0.1, -0.05) is 12.2 Å². The molecular weight excluding hydrogens is 394 g/mol. The minimum Gasteiger partial charge on any atom is -0.461 e. The Morgan fingerprint density at radius 1 is 1.26 bits per heavy atom. The number of carbonyl (C=O) groups excluding carboxylic acids is 1. The third kappa shape index (κ3) is 6.39. The van der Waals surface area contributed by atoms with Crippen molar-refractivity contribution in [3.8, 4) is 0 Å². The summed E-state index contributed by atoms with van der Waals surface area (Å²) < 4.78 is 5.31. The Kier molecular flexibility index (Phi) is 7.77. The fourth-order valence-electron chi connectivity index (χ4n) is 3.48. The highest BCUT2D eigenvalue weighted by Crippen LogP contribution is 2.13. The maximum Gasteiger partial charge on any atom is 0.282 e. The Labute approximate surface area is 183 Å². The molecule has 9 heteroatoms. The summed E-state index contributed by atoms with van der Waals surface area (Å²) in [6.07, 6.45) is 11.7. The van der Waals surface area contributed by atoms with Crippen LogP contribution in [0.25, 0.3) is 0 Å².